The van der Waals surface area contributed by atoms with E-state index in [9.17, 15) is 9.59 Å². The molecule has 0 amide bonds. The van der Waals surface area contributed by atoms with Crippen LogP contribution < -0.4 is 0 Å². The fourth-order valence-corrected chi connectivity index (χ4v) is 1.06. The Morgan fingerprint density at radius 2 is 2.12 bits per heavy atom. The van der Waals surface area contributed by atoms with Gasteiger partial charge in [0.25, 0.3) is 0 Å². The second kappa shape index (κ2) is 8.75. The van der Waals surface area contributed by atoms with Crippen molar-refractivity contribution in [2.45, 2.75) is 45.8 Å². The summed E-state index contributed by atoms with van der Waals surface area (Å²) in [4.78, 5) is 20.9. The van der Waals surface area contributed by atoms with Crippen molar-refractivity contribution in [3.63, 3.8) is 0 Å². The molecule has 0 bridgehead atoms. The molecule has 1 unspecified atom stereocenters. The van der Waals surface area contributed by atoms with Gasteiger partial charge in [0.15, 0.2) is 6.29 Å². The van der Waals surface area contributed by atoms with Crippen molar-refractivity contribution in [2.24, 2.45) is 0 Å². The number of esters is 2. The predicted octanol–water partition coefficient (Wildman–Crippen LogP) is 1.55. The Kier molecular flexibility index (Phi) is 8.05. The summed E-state index contributed by atoms with van der Waals surface area (Å²) >= 11 is 0. The van der Waals surface area contributed by atoms with E-state index in [-0.39, 0.29) is 11.5 Å². The van der Waals surface area contributed by atoms with E-state index in [2.05, 4.69) is 11.3 Å². The molecule has 1 aliphatic rings. The molecule has 1 heterocycles. The Morgan fingerprint density at radius 3 is 2.59 bits per heavy atom. The monoisotopic (exact) mass is 244 g/mol. The van der Waals surface area contributed by atoms with Crippen LogP contribution in [0.1, 0.15) is 39.5 Å². The van der Waals surface area contributed by atoms with Gasteiger partial charge in [0.1, 0.15) is 0 Å². The van der Waals surface area contributed by atoms with Gasteiger partial charge in [-0.15, -0.1) is 0 Å². The number of ether oxygens (including phenoxy) is 2. The van der Waals surface area contributed by atoms with E-state index in [0.29, 0.717) is 13.0 Å². The number of aliphatic hydroxyl groups is 1. The second-order valence-electron chi connectivity index (χ2n) is 3.82. The minimum atomic E-state index is -1.05. The lowest BCUT2D eigenvalue weighted by molar-refractivity contribution is -0.159. The zero-order chi connectivity index (χ0) is 13.3. The third-order valence-electron chi connectivity index (χ3n) is 1.91. The summed E-state index contributed by atoms with van der Waals surface area (Å²) < 4.78 is 9.09. The van der Waals surface area contributed by atoms with Crippen LogP contribution in [0, 0.1) is 0 Å². The first kappa shape index (κ1) is 15.6. The molecule has 0 spiro atoms. The molecular weight excluding hydrogens is 224 g/mol. The van der Waals surface area contributed by atoms with Crippen molar-refractivity contribution in [2.75, 3.05) is 6.61 Å². The number of carbonyl (C=O) groups is 2. The maximum Gasteiger partial charge on any atom is 0.335 e. The van der Waals surface area contributed by atoms with Gasteiger partial charge in [0.2, 0.25) is 0 Å². The lowest BCUT2D eigenvalue weighted by Crippen LogP contribution is -2.13. The van der Waals surface area contributed by atoms with Crippen LogP contribution in [0.3, 0.4) is 0 Å². The Balaban J connectivity index is 0.000000302. The maximum absolute atomic E-state index is 10.5. The molecule has 0 radical (unpaired) electrons. The topological polar surface area (TPSA) is 72.8 Å². The highest BCUT2D eigenvalue weighted by Gasteiger charge is 2.06. The van der Waals surface area contributed by atoms with E-state index >= 15 is 0 Å². The molecule has 0 aromatic rings. The molecule has 0 aromatic heterocycles. The zero-order valence-corrected chi connectivity index (χ0v) is 10.4. The molecule has 1 rings (SSSR count). The van der Waals surface area contributed by atoms with E-state index in [1.54, 1.807) is 0 Å². The highest BCUT2D eigenvalue weighted by molar-refractivity contribution is 5.86. The highest BCUT2D eigenvalue weighted by Crippen LogP contribution is 2.06. The first-order valence-corrected chi connectivity index (χ1v) is 5.63. The van der Waals surface area contributed by atoms with Gasteiger partial charge in [0.05, 0.1) is 6.61 Å². The Labute approximate surface area is 101 Å². The second-order valence-corrected chi connectivity index (χ2v) is 3.82. The fourth-order valence-electron chi connectivity index (χ4n) is 1.06. The summed E-state index contributed by atoms with van der Waals surface area (Å²) in [5.74, 6) is -0.590. The highest BCUT2D eigenvalue weighted by atomic mass is 16.6. The van der Waals surface area contributed by atoms with Gasteiger partial charge in [-0.05, 0) is 33.1 Å². The summed E-state index contributed by atoms with van der Waals surface area (Å²) in [7, 11) is 0. The summed E-state index contributed by atoms with van der Waals surface area (Å²) in [5, 5.41) is 8.49. The van der Waals surface area contributed by atoms with Gasteiger partial charge in [-0.3, -0.25) is 4.79 Å². The molecule has 0 saturated carbocycles. The molecule has 5 heteroatoms. The van der Waals surface area contributed by atoms with Gasteiger partial charge < -0.3 is 14.6 Å². The number of cyclic esters (lactones) is 1. The average molecular weight is 244 g/mol. The van der Waals surface area contributed by atoms with E-state index in [1.807, 2.05) is 0 Å². The number of aliphatic hydroxyl groups excluding tert-OH is 1. The van der Waals surface area contributed by atoms with Crippen LogP contribution in [0.4, 0.5) is 0 Å². The van der Waals surface area contributed by atoms with Gasteiger partial charge in [0, 0.05) is 12.0 Å². The minimum Gasteiger partial charge on any atom is -0.466 e. The first-order valence-electron chi connectivity index (χ1n) is 5.63. The van der Waals surface area contributed by atoms with Gasteiger partial charge >= 0.3 is 11.9 Å². The number of hydrogen-bond donors (Lipinski definition) is 1. The fraction of sp³-hybridized carbons (Fsp3) is 0.667. The van der Waals surface area contributed by atoms with E-state index in [4.69, 9.17) is 9.84 Å². The molecule has 98 valence electrons. The van der Waals surface area contributed by atoms with Crippen molar-refractivity contribution in [3.8, 4) is 0 Å². The zero-order valence-electron chi connectivity index (χ0n) is 10.4. The van der Waals surface area contributed by atoms with E-state index < -0.39 is 12.3 Å². The van der Waals surface area contributed by atoms with Crippen molar-refractivity contribution in [1.82, 2.24) is 0 Å². The van der Waals surface area contributed by atoms with Crippen LogP contribution in [0.2, 0.25) is 0 Å². The quantitative estimate of drug-likeness (QED) is 0.453. The largest absolute Gasteiger partial charge is 0.466 e. The van der Waals surface area contributed by atoms with E-state index in [0.717, 1.165) is 19.3 Å². The minimum absolute atomic E-state index is 0.0255. The molecule has 1 saturated heterocycles. The number of carbonyl (C=O) groups excluding carboxylic acids is 2. The Hall–Kier alpha value is -1.36. The molecule has 1 fully saturated rings. The molecule has 0 aliphatic carbocycles. The van der Waals surface area contributed by atoms with Gasteiger partial charge in [-0.2, -0.15) is 0 Å². The molecular formula is C12H20O5. The van der Waals surface area contributed by atoms with Crippen molar-refractivity contribution in [1.29, 1.82) is 0 Å². The average Bonchev–Trinajstić information content (AvgIpc) is 2.45. The van der Waals surface area contributed by atoms with Crippen LogP contribution in [0.25, 0.3) is 0 Å². The van der Waals surface area contributed by atoms with Gasteiger partial charge in [-0.1, -0.05) is 6.58 Å². The summed E-state index contributed by atoms with van der Waals surface area (Å²) in [6, 6.07) is 0. The van der Waals surface area contributed by atoms with Crippen LogP contribution in [-0.2, 0) is 19.1 Å². The predicted molar refractivity (Wildman–Crippen MR) is 62.0 cm³/mol. The summed E-state index contributed by atoms with van der Waals surface area (Å²) in [6.45, 7) is 6.84. The normalized spacial score (nSPS) is 16.8. The molecule has 1 atom stereocenters. The molecule has 17 heavy (non-hydrogen) atoms. The molecule has 5 nitrogen and oxygen atoms in total. The third kappa shape index (κ3) is 9.56. The van der Waals surface area contributed by atoms with Gasteiger partial charge in [-0.25, -0.2) is 4.79 Å². The number of rotatable bonds is 2. The van der Waals surface area contributed by atoms with Crippen LogP contribution in [0.15, 0.2) is 12.2 Å². The van der Waals surface area contributed by atoms with Crippen LogP contribution in [0.5, 0.6) is 0 Å². The molecule has 1 aliphatic heterocycles. The van der Waals surface area contributed by atoms with Crippen molar-refractivity contribution < 1.29 is 24.2 Å². The van der Waals surface area contributed by atoms with E-state index in [1.165, 1.54) is 13.8 Å². The SMILES string of the molecule is C=C(C)C(=O)OC(C)O.O=C1CCCCCO1. The third-order valence-corrected chi connectivity index (χ3v) is 1.91. The van der Waals surface area contributed by atoms with Crippen molar-refractivity contribution >= 4 is 11.9 Å². The van der Waals surface area contributed by atoms with Crippen molar-refractivity contribution in [3.05, 3.63) is 12.2 Å². The molecule has 1 N–H and O–H groups in total. The Bertz CT molecular complexity index is 260. The smallest absolute Gasteiger partial charge is 0.335 e. The summed E-state index contributed by atoms with van der Waals surface area (Å²) in [5.41, 5.74) is 0.288. The van der Waals surface area contributed by atoms with Crippen LogP contribution in [-0.4, -0.2) is 29.9 Å². The lowest BCUT2D eigenvalue weighted by atomic mass is 10.2. The lowest BCUT2D eigenvalue weighted by Gasteiger charge is -2.04. The standard InChI is InChI=1S/C6H10O3.C6H10O2/c1-4(2)6(8)9-5(3)7;7-6-4-2-1-3-5-8-6/h5,7H,1H2,2-3H3;1-5H2. The van der Waals surface area contributed by atoms with Crippen LogP contribution >= 0.6 is 0 Å². The summed E-state index contributed by atoms with van der Waals surface area (Å²) in [6.07, 6.45) is 2.78. The molecule has 0 aromatic carbocycles. The number of hydrogen-bond acceptors (Lipinski definition) is 5. The maximum atomic E-state index is 10.5. The first-order chi connectivity index (χ1) is 7.93. The Morgan fingerprint density at radius 1 is 1.47 bits per heavy atom.